The first-order valence-corrected chi connectivity index (χ1v) is 8.70. The van der Waals surface area contributed by atoms with Crippen LogP contribution in [0.25, 0.3) is 11.0 Å². The van der Waals surface area contributed by atoms with E-state index in [0.29, 0.717) is 11.0 Å². The van der Waals surface area contributed by atoms with Crippen molar-refractivity contribution in [1.82, 2.24) is 18.4 Å². The number of hydrogen-bond donors (Lipinski definition) is 1. The molecule has 0 saturated carbocycles. The molecule has 1 aliphatic heterocycles. The minimum absolute atomic E-state index is 0. The second kappa shape index (κ2) is 6.53. The van der Waals surface area contributed by atoms with Crippen molar-refractivity contribution >= 4 is 45.2 Å². The largest absolute Gasteiger partial charge is 0.306 e. The van der Waals surface area contributed by atoms with Crippen molar-refractivity contribution in [3.63, 3.8) is 0 Å². The normalized spacial score (nSPS) is 17.8. The molecule has 1 fully saturated rings. The molecule has 1 saturated heterocycles. The molecular formula is C12H17ClN4O2S2. The molecule has 21 heavy (non-hydrogen) atoms. The Morgan fingerprint density at radius 1 is 1.29 bits per heavy atom. The first-order chi connectivity index (χ1) is 9.56. The van der Waals surface area contributed by atoms with E-state index in [2.05, 4.69) is 18.4 Å². The van der Waals surface area contributed by atoms with E-state index < -0.39 is 10.0 Å². The Morgan fingerprint density at radius 3 is 2.71 bits per heavy atom. The van der Waals surface area contributed by atoms with Gasteiger partial charge in [-0.1, -0.05) is 6.07 Å². The van der Waals surface area contributed by atoms with Crippen LogP contribution in [0.3, 0.4) is 0 Å². The Bertz CT molecular complexity index is 711. The van der Waals surface area contributed by atoms with Gasteiger partial charge < -0.3 is 4.90 Å². The second-order valence-corrected chi connectivity index (χ2v) is 7.30. The Balaban J connectivity index is 0.00000161. The number of rotatable bonds is 3. The van der Waals surface area contributed by atoms with Crippen molar-refractivity contribution in [2.45, 2.75) is 23.8 Å². The number of aromatic nitrogens is 2. The number of sulfonamides is 1. The molecule has 0 amide bonds. The lowest BCUT2D eigenvalue weighted by molar-refractivity contribution is 0.248. The first-order valence-electron chi connectivity index (χ1n) is 6.48. The highest BCUT2D eigenvalue weighted by Gasteiger charge is 2.25. The van der Waals surface area contributed by atoms with Crippen LogP contribution in [0.2, 0.25) is 0 Å². The highest BCUT2D eigenvalue weighted by atomic mass is 35.5. The average molecular weight is 349 g/mol. The van der Waals surface area contributed by atoms with E-state index in [1.165, 1.54) is 0 Å². The van der Waals surface area contributed by atoms with Gasteiger partial charge in [0.05, 0.1) is 11.7 Å². The van der Waals surface area contributed by atoms with Gasteiger partial charge in [0.15, 0.2) is 0 Å². The molecule has 0 unspecified atom stereocenters. The maximum Gasteiger partial charge on any atom is 0.243 e. The lowest BCUT2D eigenvalue weighted by atomic mass is 10.1. The van der Waals surface area contributed by atoms with Crippen molar-refractivity contribution in [3.8, 4) is 0 Å². The highest BCUT2D eigenvalue weighted by molar-refractivity contribution is 7.89. The quantitative estimate of drug-likeness (QED) is 0.909. The second-order valence-electron chi connectivity index (χ2n) is 5.09. The molecule has 1 aliphatic rings. The molecule has 116 valence electrons. The van der Waals surface area contributed by atoms with Gasteiger partial charge in [-0.25, -0.2) is 13.1 Å². The molecule has 2 heterocycles. The number of fused-ring (bicyclic) bond motifs is 1. The van der Waals surface area contributed by atoms with Crippen LogP contribution < -0.4 is 4.72 Å². The summed E-state index contributed by atoms with van der Waals surface area (Å²) < 4.78 is 36.0. The van der Waals surface area contributed by atoms with E-state index in [1.54, 1.807) is 18.2 Å². The van der Waals surface area contributed by atoms with Crippen LogP contribution in [-0.2, 0) is 10.0 Å². The van der Waals surface area contributed by atoms with Gasteiger partial charge in [0, 0.05) is 6.04 Å². The molecule has 0 bridgehead atoms. The topological polar surface area (TPSA) is 75.2 Å². The number of hydrogen-bond acceptors (Lipinski definition) is 6. The lowest BCUT2D eigenvalue weighted by Gasteiger charge is -2.29. The lowest BCUT2D eigenvalue weighted by Crippen LogP contribution is -2.43. The number of benzene rings is 1. The van der Waals surface area contributed by atoms with Crippen molar-refractivity contribution in [3.05, 3.63) is 18.2 Å². The maximum absolute atomic E-state index is 12.5. The highest BCUT2D eigenvalue weighted by Crippen LogP contribution is 2.22. The average Bonchev–Trinajstić information content (AvgIpc) is 2.89. The van der Waals surface area contributed by atoms with Gasteiger partial charge in [0.2, 0.25) is 10.0 Å². The zero-order valence-electron chi connectivity index (χ0n) is 11.5. The van der Waals surface area contributed by atoms with Crippen LogP contribution in [0.15, 0.2) is 23.1 Å². The molecule has 2 aromatic rings. The van der Waals surface area contributed by atoms with Gasteiger partial charge in [-0.05, 0) is 45.1 Å². The Morgan fingerprint density at radius 2 is 2.00 bits per heavy atom. The molecule has 3 rings (SSSR count). The third-order valence-electron chi connectivity index (χ3n) is 3.58. The van der Waals surface area contributed by atoms with Crippen molar-refractivity contribution in [2.24, 2.45) is 0 Å². The predicted octanol–water partition coefficient (Wildman–Crippen LogP) is 1.49. The third kappa shape index (κ3) is 3.51. The standard InChI is InChI=1S/C12H16N4O2S2.ClH/c1-16-7-5-9(6-8-16)15-20(17,18)11-4-2-3-10-12(11)14-19-13-10;/h2-4,9,15H,5-8H2,1H3;1H. The fourth-order valence-electron chi connectivity index (χ4n) is 2.41. The van der Waals surface area contributed by atoms with Gasteiger partial charge in [-0.3, -0.25) is 0 Å². The molecule has 0 radical (unpaired) electrons. The SMILES string of the molecule is CN1CCC(NS(=O)(=O)c2cccc3nsnc23)CC1.Cl. The Hall–Kier alpha value is -0.800. The number of likely N-dealkylation sites (tertiary alicyclic amines) is 1. The zero-order chi connectivity index (χ0) is 14.2. The van der Waals surface area contributed by atoms with Gasteiger partial charge in [-0.2, -0.15) is 8.75 Å². The van der Waals surface area contributed by atoms with Crippen LogP contribution >= 0.6 is 24.1 Å². The molecule has 0 atom stereocenters. The van der Waals surface area contributed by atoms with Crippen LogP contribution in [0.1, 0.15) is 12.8 Å². The minimum Gasteiger partial charge on any atom is -0.306 e. The summed E-state index contributed by atoms with van der Waals surface area (Å²) in [5.74, 6) is 0. The summed E-state index contributed by atoms with van der Waals surface area (Å²) >= 11 is 1.03. The van der Waals surface area contributed by atoms with E-state index in [4.69, 9.17) is 0 Å². The van der Waals surface area contributed by atoms with Gasteiger partial charge in [0.25, 0.3) is 0 Å². The Labute approximate surface area is 134 Å². The van der Waals surface area contributed by atoms with Gasteiger partial charge in [-0.15, -0.1) is 12.4 Å². The van der Waals surface area contributed by atoms with E-state index in [0.717, 1.165) is 37.7 Å². The summed E-state index contributed by atoms with van der Waals surface area (Å²) in [6, 6.07) is 5.06. The van der Waals surface area contributed by atoms with E-state index in [1.807, 2.05) is 7.05 Å². The molecule has 9 heteroatoms. The van der Waals surface area contributed by atoms with Crippen LogP contribution in [0.5, 0.6) is 0 Å². The predicted molar refractivity (Wildman–Crippen MR) is 85.5 cm³/mol. The summed E-state index contributed by atoms with van der Waals surface area (Å²) in [7, 11) is -1.49. The van der Waals surface area contributed by atoms with Crippen LogP contribution in [0.4, 0.5) is 0 Å². The van der Waals surface area contributed by atoms with Crippen molar-refractivity contribution in [2.75, 3.05) is 20.1 Å². The van der Waals surface area contributed by atoms with E-state index in [-0.39, 0.29) is 23.3 Å². The Kier molecular flexibility index (Phi) is 5.15. The van der Waals surface area contributed by atoms with Crippen molar-refractivity contribution < 1.29 is 8.42 Å². The molecule has 1 aromatic heterocycles. The minimum atomic E-state index is -3.54. The molecule has 1 N–H and O–H groups in total. The number of nitrogens with one attached hydrogen (secondary N) is 1. The molecule has 6 nitrogen and oxygen atoms in total. The van der Waals surface area contributed by atoms with Crippen LogP contribution in [-0.4, -0.2) is 48.2 Å². The van der Waals surface area contributed by atoms with Crippen LogP contribution in [0, 0.1) is 0 Å². The summed E-state index contributed by atoms with van der Waals surface area (Å²) in [5, 5.41) is 0. The summed E-state index contributed by atoms with van der Waals surface area (Å²) in [5.41, 5.74) is 1.08. The van der Waals surface area contributed by atoms with Crippen molar-refractivity contribution in [1.29, 1.82) is 0 Å². The zero-order valence-corrected chi connectivity index (χ0v) is 14.0. The third-order valence-corrected chi connectivity index (χ3v) is 5.67. The number of halogens is 1. The molecule has 1 aromatic carbocycles. The number of nitrogens with zero attached hydrogens (tertiary/aromatic N) is 3. The smallest absolute Gasteiger partial charge is 0.243 e. The van der Waals surface area contributed by atoms with E-state index >= 15 is 0 Å². The molecular weight excluding hydrogens is 332 g/mol. The summed E-state index contributed by atoms with van der Waals surface area (Å²) in [6.07, 6.45) is 1.67. The van der Waals surface area contributed by atoms with Gasteiger partial charge in [0.1, 0.15) is 15.9 Å². The monoisotopic (exact) mass is 348 g/mol. The first kappa shape index (κ1) is 16.6. The molecule has 0 aliphatic carbocycles. The fourth-order valence-corrected chi connectivity index (χ4v) is 4.48. The summed E-state index contributed by atoms with van der Waals surface area (Å²) in [6.45, 7) is 1.82. The molecule has 0 spiro atoms. The summed E-state index contributed by atoms with van der Waals surface area (Å²) in [4.78, 5) is 2.43. The van der Waals surface area contributed by atoms with Gasteiger partial charge >= 0.3 is 0 Å². The fraction of sp³-hybridized carbons (Fsp3) is 0.500. The van der Waals surface area contributed by atoms with E-state index in [9.17, 15) is 8.42 Å². The number of piperidine rings is 1. The maximum atomic E-state index is 12.5.